The van der Waals surface area contributed by atoms with E-state index in [4.69, 9.17) is 0 Å². The van der Waals surface area contributed by atoms with Crippen molar-refractivity contribution in [3.8, 4) is 11.4 Å². The zero-order valence-electron chi connectivity index (χ0n) is 15.8. The molecule has 0 aliphatic carbocycles. The fraction of sp³-hybridized carbons (Fsp3) is 0.368. The topological polar surface area (TPSA) is 76.6 Å². The van der Waals surface area contributed by atoms with Gasteiger partial charge >= 0.3 is 0 Å². The molecule has 0 spiro atoms. The van der Waals surface area contributed by atoms with Crippen molar-refractivity contribution in [2.24, 2.45) is 0 Å². The Morgan fingerprint density at radius 1 is 1.24 bits per heavy atom. The maximum atomic E-state index is 15.4. The normalized spacial score (nSPS) is 22.6. The summed E-state index contributed by atoms with van der Waals surface area (Å²) >= 11 is 1.00. The summed E-state index contributed by atoms with van der Waals surface area (Å²) in [5.41, 5.74) is 0.897. The number of thiazole rings is 1. The molecule has 29 heavy (non-hydrogen) atoms. The molecule has 1 aliphatic rings. The number of nitrogens with one attached hydrogen (secondary N) is 1. The molecule has 2 atom stereocenters. The summed E-state index contributed by atoms with van der Waals surface area (Å²) in [7, 11) is 0. The molecule has 1 N–H and O–H groups in total. The van der Waals surface area contributed by atoms with Crippen molar-refractivity contribution in [3.05, 3.63) is 51.0 Å². The number of nitrogens with zero attached hydrogens (tertiary/aromatic N) is 5. The highest BCUT2D eigenvalue weighted by Gasteiger charge is 2.45. The number of imidazole rings is 1. The molecule has 4 aromatic heterocycles. The molecule has 0 bridgehead atoms. The number of aryl methyl sites for hydroxylation is 2. The SMILES string of the molecule is Cc1cn2nc(-c3cc(=O)n4cc([C@]5(F)CCNC[C@@H]5F)sc4n3)cc(C)c2n1. The first kappa shape index (κ1) is 18.3. The molecule has 5 rings (SSSR count). The molecular weight excluding hydrogens is 398 g/mol. The van der Waals surface area contributed by atoms with Gasteiger partial charge in [-0.15, -0.1) is 0 Å². The summed E-state index contributed by atoms with van der Waals surface area (Å²) in [6, 6.07) is 3.18. The third kappa shape index (κ3) is 2.85. The molecule has 4 aromatic rings. The number of piperidine rings is 1. The van der Waals surface area contributed by atoms with Crippen LogP contribution in [0.25, 0.3) is 22.0 Å². The van der Waals surface area contributed by atoms with Crippen LogP contribution in [0.15, 0.2) is 29.3 Å². The Hall–Kier alpha value is -2.72. The highest BCUT2D eigenvalue weighted by molar-refractivity contribution is 7.17. The number of fused-ring (bicyclic) bond motifs is 2. The minimum Gasteiger partial charge on any atom is -0.314 e. The summed E-state index contributed by atoms with van der Waals surface area (Å²) in [6.45, 7) is 4.12. The van der Waals surface area contributed by atoms with Gasteiger partial charge in [0, 0.05) is 25.2 Å². The zero-order chi connectivity index (χ0) is 20.3. The van der Waals surface area contributed by atoms with Gasteiger partial charge in [0.2, 0.25) is 0 Å². The molecule has 7 nitrogen and oxygen atoms in total. The second-order valence-electron chi connectivity index (χ2n) is 7.37. The molecule has 1 aliphatic heterocycles. The summed E-state index contributed by atoms with van der Waals surface area (Å²) < 4.78 is 32.6. The largest absolute Gasteiger partial charge is 0.314 e. The maximum Gasteiger partial charge on any atom is 0.259 e. The Kier molecular flexibility index (Phi) is 4.04. The second-order valence-corrected chi connectivity index (χ2v) is 8.38. The van der Waals surface area contributed by atoms with Gasteiger partial charge in [0.1, 0.15) is 5.69 Å². The quantitative estimate of drug-likeness (QED) is 0.544. The lowest BCUT2D eigenvalue weighted by Gasteiger charge is -2.32. The molecule has 1 fully saturated rings. The van der Waals surface area contributed by atoms with Gasteiger partial charge in [-0.25, -0.2) is 23.3 Å². The van der Waals surface area contributed by atoms with Crippen molar-refractivity contribution in [1.82, 2.24) is 29.3 Å². The Morgan fingerprint density at radius 3 is 2.86 bits per heavy atom. The highest BCUT2D eigenvalue weighted by atomic mass is 32.1. The number of hydrogen-bond acceptors (Lipinski definition) is 6. The van der Waals surface area contributed by atoms with E-state index in [0.717, 1.165) is 28.2 Å². The molecule has 10 heteroatoms. The summed E-state index contributed by atoms with van der Waals surface area (Å²) in [5, 5.41) is 7.35. The van der Waals surface area contributed by atoms with Crippen molar-refractivity contribution >= 4 is 21.9 Å². The molecule has 0 amide bonds. The average molecular weight is 416 g/mol. The van der Waals surface area contributed by atoms with Crippen LogP contribution in [0, 0.1) is 13.8 Å². The van der Waals surface area contributed by atoms with E-state index >= 15 is 4.39 Å². The van der Waals surface area contributed by atoms with Gasteiger partial charge in [0.15, 0.2) is 22.4 Å². The summed E-state index contributed by atoms with van der Waals surface area (Å²) in [4.78, 5) is 22.1. The summed E-state index contributed by atoms with van der Waals surface area (Å²) in [6.07, 6.45) is 1.51. The molecule has 150 valence electrons. The van der Waals surface area contributed by atoms with E-state index in [2.05, 4.69) is 20.4 Å². The highest BCUT2D eigenvalue weighted by Crippen LogP contribution is 2.40. The van der Waals surface area contributed by atoms with Crippen molar-refractivity contribution in [1.29, 1.82) is 0 Å². The Balaban J connectivity index is 1.65. The average Bonchev–Trinajstić information content (AvgIpc) is 3.28. The maximum absolute atomic E-state index is 15.4. The lowest BCUT2D eigenvalue weighted by atomic mass is 9.91. The first-order chi connectivity index (χ1) is 13.8. The number of halogens is 2. The third-order valence-electron chi connectivity index (χ3n) is 5.25. The van der Waals surface area contributed by atoms with Crippen LogP contribution in [-0.2, 0) is 5.67 Å². The minimum absolute atomic E-state index is 0.0139. The van der Waals surface area contributed by atoms with Crippen LogP contribution in [0.2, 0.25) is 0 Å². The van der Waals surface area contributed by atoms with Gasteiger partial charge in [0.25, 0.3) is 5.56 Å². The number of alkyl halides is 2. The van der Waals surface area contributed by atoms with Crippen LogP contribution in [0.3, 0.4) is 0 Å². The standard InChI is InChI=1S/C19H18F2N6OS/c1-10-5-13(25-27-8-11(2)23-17(10)27)12-6-16(28)26-9-15(29-18(26)24-12)19(21)3-4-22-7-14(19)20/h5-6,8-9,14,22H,3-4,7H2,1-2H3/t14-,19-/m0/s1. The first-order valence-corrected chi connectivity index (χ1v) is 10.1. The van der Waals surface area contributed by atoms with E-state index in [1.165, 1.54) is 16.7 Å². The van der Waals surface area contributed by atoms with Gasteiger partial charge in [-0.2, -0.15) is 5.10 Å². The lowest BCUT2D eigenvalue weighted by molar-refractivity contribution is 0.0215. The van der Waals surface area contributed by atoms with Crippen LogP contribution in [0.4, 0.5) is 8.78 Å². The summed E-state index contributed by atoms with van der Waals surface area (Å²) in [5.74, 6) is 0. The number of hydrogen-bond donors (Lipinski definition) is 1. The number of rotatable bonds is 2. The lowest BCUT2D eigenvalue weighted by Crippen LogP contribution is -2.46. The van der Waals surface area contributed by atoms with Gasteiger partial charge in [-0.05, 0) is 32.0 Å². The van der Waals surface area contributed by atoms with Gasteiger partial charge in [-0.1, -0.05) is 11.3 Å². The van der Waals surface area contributed by atoms with E-state index < -0.39 is 11.8 Å². The van der Waals surface area contributed by atoms with Gasteiger partial charge in [-0.3, -0.25) is 9.20 Å². The fourth-order valence-corrected chi connectivity index (χ4v) is 4.83. The Bertz CT molecular complexity index is 1310. The second kappa shape index (κ2) is 6.39. The van der Waals surface area contributed by atoms with E-state index in [1.54, 1.807) is 10.7 Å². The van der Waals surface area contributed by atoms with Gasteiger partial charge < -0.3 is 5.32 Å². The first-order valence-electron chi connectivity index (χ1n) is 9.26. The van der Waals surface area contributed by atoms with Crippen LogP contribution in [0.5, 0.6) is 0 Å². The van der Waals surface area contributed by atoms with E-state index in [1.807, 2.05) is 19.9 Å². The molecule has 1 saturated heterocycles. The van der Waals surface area contributed by atoms with Crippen molar-refractivity contribution in [2.75, 3.05) is 13.1 Å². The molecule has 0 aromatic carbocycles. The van der Waals surface area contributed by atoms with E-state index in [0.29, 0.717) is 22.9 Å². The van der Waals surface area contributed by atoms with Crippen molar-refractivity contribution in [2.45, 2.75) is 32.1 Å². The van der Waals surface area contributed by atoms with Crippen LogP contribution in [0.1, 0.15) is 22.6 Å². The molecule has 0 unspecified atom stereocenters. The fourth-order valence-electron chi connectivity index (χ4n) is 3.69. The smallest absolute Gasteiger partial charge is 0.259 e. The van der Waals surface area contributed by atoms with Gasteiger partial charge in [0.05, 0.1) is 22.5 Å². The molecule has 0 radical (unpaired) electrons. The number of aromatic nitrogens is 5. The Morgan fingerprint density at radius 2 is 2.07 bits per heavy atom. The van der Waals surface area contributed by atoms with E-state index in [9.17, 15) is 9.18 Å². The van der Waals surface area contributed by atoms with Crippen molar-refractivity contribution in [3.63, 3.8) is 0 Å². The molecular formula is C19H18F2N6OS. The monoisotopic (exact) mass is 416 g/mol. The molecule has 5 heterocycles. The zero-order valence-corrected chi connectivity index (χ0v) is 16.6. The predicted molar refractivity (Wildman–Crippen MR) is 106 cm³/mol. The van der Waals surface area contributed by atoms with Crippen LogP contribution >= 0.6 is 11.3 Å². The molecule has 0 saturated carbocycles. The Labute approximate surface area is 168 Å². The predicted octanol–water partition coefficient (Wildman–Crippen LogP) is 2.58. The minimum atomic E-state index is -2.11. The van der Waals surface area contributed by atoms with Crippen molar-refractivity contribution < 1.29 is 8.78 Å². The van der Waals surface area contributed by atoms with Crippen LogP contribution < -0.4 is 10.9 Å². The van der Waals surface area contributed by atoms with E-state index in [-0.39, 0.29) is 23.4 Å². The van der Waals surface area contributed by atoms with Crippen LogP contribution in [-0.4, -0.2) is 43.2 Å². The third-order valence-corrected chi connectivity index (χ3v) is 6.39.